The van der Waals surface area contributed by atoms with Crippen molar-refractivity contribution in [2.75, 3.05) is 9.80 Å². The average Bonchev–Trinajstić information content (AvgIpc) is 3.54. The first kappa shape index (κ1) is 26.8. The molecule has 0 spiro atoms. The Labute approximate surface area is 271 Å². The topological polar surface area (TPSA) is 19.6 Å². The molecule has 3 aliphatic heterocycles. The summed E-state index contributed by atoms with van der Waals surface area (Å²) in [7, 11) is 0. The maximum atomic E-state index is 6.46. The van der Waals surface area contributed by atoms with Gasteiger partial charge >= 0.3 is 0 Å². The van der Waals surface area contributed by atoms with Gasteiger partial charge in [0, 0.05) is 33.6 Å². The molecule has 5 aromatic carbocycles. The molecule has 1 aromatic heterocycles. The second kappa shape index (κ2) is 8.67. The highest BCUT2D eigenvalue weighted by Crippen LogP contribution is 2.62. The number of hydrogen-bond donors (Lipinski definition) is 0. The molecule has 1 fully saturated rings. The van der Waals surface area contributed by atoms with E-state index >= 15 is 0 Å². The van der Waals surface area contributed by atoms with Crippen molar-refractivity contribution in [2.24, 2.45) is 0 Å². The van der Waals surface area contributed by atoms with E-state index in [1.54, 1.807) is 0 Å². The predicted octanol–water partition coefficient (Wildman–Crippen LogP) is 9.24. The second-order valence-corrected chi connectivity index (χ2v) is 15.6. The molecule has 2 atom stereocenters. The number of furan rings is 1. The third-order valence-corrected chi connectivity index (χ3v) is 12.4. The van der Waals surface area contributed by atoms with Crippen LogP contribution in [0.5, 0.6) is 0 Å². The molecule has 10 rings (SSSR count). The van der Waals surface area contributed by atoms with Crippen LogP contribution in [-0.4, -0.2) is 12.3 Å². The Morgan fingerprint density at radius 1 is 0.696 bits per heavy atom. The van der Waals surface area contributed by atoms with Crippen molar-refractivity contribution in [2.45, 2.75) is 76.7 Å². The number of nitrogens with zero attached hydrogens (tertiary/aromatic N) is 2. The molecule has 4 heteroatoms. The lowest BCUT2D eigenvalue weighted by molar-refractivity contribution is 0.195. The van der Waals surface area contributed by atoms with Gasteiger partial charge in [-0.05, 0) is 89.1 Å². The number of hydrogen-bond acceptors (Lipinski definition) is 3. The molecule has 0 bridgehead atoms. The molecule has 0 saturated heterocycles. The maximum Gasteiger partial charge on any atom is 0.252 e. The number of rotatable bonds is 1. The number of para-hydroxylation sites is 2. The molecule has 6 aromatic rings. The smallest absolute Gasteiger partial charge is 0.252 e. The molecule has 0 radical (unpaired) electrons. The van der Waals surface area contributed by atoms with Gasteiger partial charge in [-0.2, -0.15) is 0 Å². The van der Waals surface area contributed by atoms with E-state index in [-0.39, 0.29) is 23.1 Å². The van der Waals surface area contributed by atoms with E-state index in [1.165, 1.54) is 87.0 Å². The molecule has 226 valence electrons. The number of fused-ring (bicyclic) bond motifs is 11. The Morgan fingerprint density at radius 3 is 2.30 bits per heavy atom. The Bertz CT molecular complexity index is 2280. The molecular weight excluding hydrogens is 559 g/mol. The zero-order valence-corrected chi connectivity index (χ0v) is 27.4. The lowest BCUT2D eigenvalue weighted by Crippen LogP contribution is -2.64. The first-order chi connectivity index (χ1) is 22.2. The number of benzene rings is 5. The average molecular weight is 599 g/mol. The van der Waals surface area contributed by atoms with Crippen LogP contribution in [-0.2, 0) is 10.8 Å². The van der Waals surface area contributed by atoms with Crippen LogP contribution in [0.3, 0.4) is 0 Å². The van der Waals surface area contributed by atoms with Gasteiger partial charge in [-0.3, -0.25) is 0 Å². The quantitative estimate of drug-likeness (QED) is 0.176. The fraction of sp³-hybridized carbons (Fsp3) is 0.286. The van der Waals surface area contributed by atoms with Crippen LogP contribution in [0.1, 0.15) is 71.4 Å². The number of anilines is 5. The van der Waals surface area contributed by atoms with Crippen molar-refractivity contribution in [1.82, 2.24) is 0 Å². The largest absolute Gasteiger partial charge is 0.456 e. The summed E-state index contributed by atoms with van der Waals surface area (Å²) < 4.78 is 6.46. The lowest BCUT2D eigenvalue weighted by Gasteiger charge is -2.52. The van der Waals surface area contributed by atoms with Gasteiger partial charge in [-0.1, -0.05) is 101 Å². The Morgan fingerprint density at radius 2 is 1.43 bits per heavy atom. The lowest BCUT2D eigenvalue weighted by atomic mass is 9.33. The molecule has 3 nitrogen and oxygen atoms in total. The van der Waals surface area contributed by atoms with Crippen LogP contribution < -0.4 is 26.2 Å². The van der Waals surface area contributed by atoms with Gasteiger partial charge in [0.25, 0.3) is 6.71 Å². The molecule has 46 heavy (non-hydrogen) atoms. The molecule has 4 aliphatic rings. The van der Waals surface area contributed by atoms with Gasteiger partial charge in [0.1, 0.15) is 11.2 Å². The fourth-order valence-corrected chi connectivity index (χ4v) is 9.87. The zero-order chi connectivity index (χ0) is 31.2. The summed E-state index contributed by atoms with van der Waals surface area (Å²) in [5.74, 6) is 0. The Hall–Kier alpha value is -4.44. The van der Waals surface area contributed by atoms with Gasteiger partial charge in [0.2, 0.25) is 0 Å². The summed E-state index contributed by atoms with van der Waals surface area (Å²) in [6.07, 6.45) is 5.02. The summed E-state index contributed by atoms with van der Waals surface area (Å²) in [5, 5.41) is 2.34. The van der Waals surface area contributed by atoms with Gasteiger partial charge in [-0.15, -0.1) is 0 Å². The molecular formula is C42H39BN2O. The van der Waals surface area contributed by atoms with Crippen molar-refractivity contribution in [3.05, 3.63) is 108 Å². The molecule has 2 unspecified atom stereocenters. The van der Waals surface area contributed by atoms with E-state index in [9.17, 15) is 0 Å². The third-order valence-electron chi connectivity index (χ3n) is 12.4. The van der Waals surface area contributed by atoms with Crippen LogP contribution in [0.2, 0.25) is 0 Å². The summed E-state index contributed by atoms with van der Waals surface area (Å²) in [5.41, 5.74) is 15.8. The monoisotopic (exact) mass is 598 g/mol. The first-order valence-corrected chi connectivity index (χ1v) is 17.1. The predicted molar refractivity (Wildman–Crippen MR) is 195 cm³/mol. The zero-order valence-electron chi connectivity index (χ0n) is 27.4. The van der Waals surface area contributed by atoms with E-state index in [0.717, 1.165) is 16.6 Å². The Kier molecular flexibility index (Phi) is 5.04. The van der Waals surface area contributed by atoms with Crippen LogP contribution in [0.4, 0.5) is 28.4 Å². The molecule has 0 N–H and O–H groups in total. The highest BCUT2D eigenvalue weighted by Gasteiger charge is 2.61. The van der Waals surface area contributed by atoms with Crippen molar-refractivity contribution >= 4 is 73.5 Å². The minimum absolute atomic E-state index is 0.0212. The minimum Gasteiger partial charge on any atom is -0.456 e. The normalized spacial score (nSPS) is 22.6. The Balaban J connectivity index is 1.35. The van der Waals surface area contributed by atoms with Gasteiger partial charge < -0.3 is 14.2 Å². The first-order valence-electron chi connectivity index (χ1n) is 17.1. The summed E-state index contributed by atoms with van der Waals surface area (Å²) in [6.45, 7) is 12.3. The third kappa shape index (κ3) is 3.11. The van der Waals surface area contributed by atoms with Crippen LogP contribution in [0.25, 0.3) is 21.9 Å². The van der Waals surface area contributed by atoms with E-state index < -0.39 is 0 Å². The standard InChI is InChI=1S/C42H39BN2O/c1-40(2,3)26-19-21-30-34(25-26)44(32-16-12-18-36-37(32)27-13-6-9-17-35(27)46-36)33-22-20-28-39-38(33)43(30)29-14-7-8-15-31(29)45(39)42(5)24-11-10-23-41(28,42)4/h6-9,12-22,25H,10-11,23-24H2,1-5H3. The molecule has 1 aliphatic carbocycles. The van der Waals surface area contributed by atoms with Gasteiger partial charge in [0.15, 0.2) is 0 Å². The summed E-state index contributed by atoms with van der Waals surface area (Å²) in [6, 6.07) is 36.7. The fourth-order valence-electron chi connectivity index (χ4n) is 9.87. The van der Waals surface area contributed by atoms with Crippen molar-refractivity contribution < 1.29 is 4.42 Å². The molecule has 4 heterocycles. The van der Waals surface area contributed by atoms with E-state index in [1.807, 2.05) is 0 Å². The van der Waals surface area contributed by atoms with Gasteiger partial charge in [-0.25, -0.2) is 0 Å². The van der Waals surface area contributed by atoms with E-state index in [4.69, 9.17) is 4.42 Å². The van der Waals surface area contributed by atoms with E-state index in [0.29, 0.717) is 0 Å². The van der Waals surface area contributed by atoms with Crippen LogP contribution in [0, 0.1) is 0 Å². The maximum absolute atomic E-state index is 6.46. The molecule has 1 saturated carbocycles. The summed E-state index contributed by atoms with van der Waals surface area (Å²) in [4.78, 5) is 5.38. The molecule has 0 amide bonds. The van der Waals surface area contributed by atoms with Crippen molar-refractivity contribution in [3.63, 3.8) is 0 Å². The highest BCUT2D eigenvalue weighted by atomic mass is 16.3. The SMILES string of the molecule is CC(C)(C)c1ccc2c(c1)N(c1cccc3oc4ccccc4c13)c1ccc3c4c1B2c1ccccc1N4C1(C)CCCCC31C. The van der Waals surface area contributed by atoms with E-state index in [2.05, 4.69) is 141 Å². The van der Waals surface area contributed by atoms with Crippen LogP contribution >= 0.6 is 0 Å². The second-order valence-electron chi connectivity index (χ2n) is 15.6. The summed E-state index contributed by atoms with van der Waals surface area (Å²) >= 11 is 0. The van der Waals surface area contributed by atoms with Gasteiger partial charge in [0.05, 0.1) is 16.6 Å². The highest BCUT2D eigenvalue weighted by molar-refractivity contribution is 7.00. The van der Waals surface area contributed by atoms with Crippen molar-refractivity contribution in [1.29, 1.82) is 0 Å². The van der Waals surface area contributed by atoms with Crippen LogP contribution in [0.15, 0.2) is 101 Å². The van der Waals surface area contributed by atoms with Crippen molar-refractivity contribution in [3.8, 4) is 0 Å². The minimum atomic E-state index is 0.0212.